The fourth-order valence-corrected chi connectivity index (χ4v) is 3.93. The van der Waals surface area contributed by atoms with Crippen LogP contribution in [0.4, 0.5) is 16.2 Å². The predicted molar refractivity (Wildman–Crippen MR) is 93.0 cm³/mol. The van der Waals surface area contributed by atoms with E-state index in [1.165, 1.54) is 0 Å². The lowest BCUT2D eigenvalue weighted by molar-refractivity contribution is -0.107. The molecule has 1 aliphatic carbocycles. The molecule has 1 heterocycles. The third-order valence-electron chi connectivity index (χ3n) is 5.41. The lowest BCUT2D eigenvalue weighted by atomic mass is 9.57. The topological polar surface area (TPSA) is 53.6 Å². The summed E-state index contributed by atoms with van der Waals surface area (Å²) in [6, 6.07) is 7.96. The summed E-state index contributed by atoms with van der Waals surface area (Å²) >= 11 is 0. The summed E-state index contributed by atoms with van der Waals surface area (Å²) in [5, 5.41) is 6.11. The Morgan fingerprint density at radius 3 is 2.96 bits per heavy atom. The SMILES string of the molecule is CCN(C)c1cccc(NC(=O)N[C@@H]2[C@H]3CCO[C@@H]3C2(C)C)c1. The first kappa shape index (κ1) is 16.1. The first-order chi connectivity index (χ1) is 10.9. The van der Waals surface area contributed by atoms with E-state index >= 15 is 0 Å². The third-order valence-corrected chi connectivity index (χ3v) is 5.41. The molecule has 1 saturated carbocycles. The van der Waals surface area contributed by atoms with Gasteiger partial charge in [0, 0.05) is 48.9 Å². The van der Waals surface area contributed by atoms with Gasteiger partial charge in [-0.05, 0) is 31.5 Å². The van der Waals surface area contributed by atoms with Crippen molar-refractivity contribution in [3.05, 3.63) is 24.3 Å². The second kappa shape index (κ2) is 6.04. The minimum Gasteiger partial charge on any atom is -0.377 e. The zero-order valence-corrected chi connectivity index (χ0v) is 14.4. The van der Waals surface area contributed by atoms with Gasteiger partial charge in [-0.15, -0.1) is 0 Å². The highest BCUT2D eigenvalue weighted by Crippen LogP contribution is 2.52. The summed E-state index contributed by atoms with van der Waals surface area (Å²) in [7, 11) is 2.04. The highest BCUT2D eigenvalue weighted by Gasteiger charge is 2.59. The lowest BCUT2D eigenvalue weighted by Gasteiger charge is -2.54. The summed E-state index contributed by atoms with van der Waals surface area (Å²) in [4.78, 5) is 14.5. The Hall–Kier alpha value is -1.75. The van der Waals surface area contributed by atoms with E-state index in [9.17, 15) is 4.79 Å². The first-order valence-corrected chi connectivity index (χ1v) is 8.43. The number of benzene rings is 1. The number of nitrogens with one attached hydrogen (secondary N) is 2. The maximum absolute atomic E-state index is 12.4. The van der Waals surface area contributed by atoms with Crippen LogP contribution in [0.2, 0.25) is 0 Å². The molecule has 0 aromatic heterocycles. The van der Waals surface area contributed by atoms with E-state index in [2.05, 4.69) is 36.3 Å². The summed E-state index contributed by atoms with van der Waals surface area (Å²) in [5.74, 6) is 0.452. The Labute approximate surface area is 138 Å². The second-order valence-electron chi connectivity index (χ2n) is 7.21. The molecule has 5 heteroatoms. The number of fused-ring (bicyclic) bond motifs is 1. The number of rotatable bonds is 4. The molecule has 0 unspecified atom stereocenters. The average molecular weight is 317 g/mol. The van der Waals surface area contributed by atoms with Crippen molar-refractivity contribution >= 4 is 17.4 Å². The van der Waals surface area contributed by atoms with Crippen LogP contribution in [0.15, 0.2) is 24.3 Å². The summed E-state index contributed by atoms with van der Waals surface area (Å²) in [6.07, 6.45) is 1.32. The van der Waals surface area contributed by atoms with Gasteiger partial charge in [-0.25, -0.2) is 4.79 Å². The van der Waals surface area contributed by atoms with Crippen molar-refractivity contribution in [1.82, 2.24) is 5.32 Å². The van der Waals surface area contributed by atoms with Crippen molar-refractivity contribution in [2.24, 2.45) is 11.3 Å². The number of carbonyl (C=O) groups excluding carboxylic acids is 1. The number of ether oxygens (including phenoxy) is 1. The maximum atomic E-state index is 12.4. The van der Waals surface area contributed by atoms with E-state index in [0.29, 0.717) is 5.92 Å². The van der Waals surface area contributed by atoms with Gasteiger partial charge in [0.2, 0.25) is 0 Å². The Balaban J connectivity index is 1.62. The molecule has 126 valence electrons. The fourth-order valence-electron chi connectivity index (χ4n) is 3.93. The standard InChI is InChI=1S/C18H27N3O2/c1-5-21(4)13-8-6-7-12(11-13)19-17(22)20-15-14-9-10-23-16(14)18(15,2)3/h6-8,11,14-16H,5,9-10H2,1-4H3,(H2,19,20,22)/t14-,15-,16+/m1/s1. The van der Waals surface area contributed by atoms with E-state index in [0.717, 1.165) is 30.9 Å². The van der Waals surface area contributed by atoms with Gasteiger partial charge >= 0.3 is 6.03 Å². The van der Waals surface area contributed by atoms with Gasteiger partial charge in [0.1, 0.15) is 0 Å². The highest BCUT2D eigenvalue weighted by molar-refractivity contribution is 5.90. The molecule has 1 saturated heterocycles. The van der Waals surface area contributed by atoms with Crippen LogP contribution in [-0.4, -0.2) is 38.4 Å². The quantitative estimate of drug-likeness (QED) is 0.897. The summed E-state index contributed by atoms with van der Waals surface area (Å²) in [6.45, 7) is 8.17. The van der Waals surface area contributed by atoms with E-state index < -0.39 is 0 Å². The monoisotopic (exact) mass is 317 g/mol. The smallest absolute Gasteiger partial charge is 0.319 e. The number of urea groups is 1. The van der Waals surface area contributed by atoms with Crippen LogP contribution in [0.25, 0.3) is 0 Å². The van der Waals surface area contributed by atoms with Crippen molar-refractivity contribution in [2.75, 3.05) is 30.4 Å². The number of hydrogen-bond acceptors (Lipinski definition) is 3. The minimum absolute atomic E-state index is 0.00276. The minimum atomic E-state index is -0.135. The largest absolute Gasteiger partial charge is 0.377 e. The van der Waals surface area contributed by atoms with Crippen molar-refractivity contribution < 1.29 is 9.53 Å². The number of anilines is 2. The van der Waals surface area contributed by atoms with Gasteiger partial charge in [0.05, 0.1) is 6.10 Å². The molecule has 1 aliphatic heterocycles. The molecule has 0 radical (unpaired) electrons. The van der Waals surface area contributed by atoms with Crippen LogP contribution >= 0.6 is 0 Å². The van der Waals surface area contributed by atoms with Gasteiger partial charge < -0.3 is 20.3 Å². The molecule has 2 fully saturated rings. The summed E-state index contributed by atoms with van der Waals surface area (Å²) in [5.41, 5.74) is 1.91. The van der Waals surface area contributed by atoms with Crippen molar-refractivity contribution in [1.29, 1.82) is 0 Å². The molecule has 23 heavy (non-hydrogen) atoms. The molecular weight excluding hydrogens is 290 g/mol. The van der Waals surface area contributed by atoms with Gasteiger partial charge in [-0.2, -0.15) is 0 Å². The van der Waals surface area contributed by atoms with Crippen molar-refractivity contribution in [3.63, 3.8) is 0 Å². The normalized spacial score (nSPS) is 27.7. The maximum Gasteiger partial charge on any atom is 0.319 e. The van der Waals surface area contributed by atoms with Crippen LogP contribution in [0.5, 0.6) is 0 Å². The van der Waals surface area contributed by atoms with Crippen LogP contribution in [-0.2, 0) is 4.74 Å². The van der Waals surface area contributed by atoms with E-state index in [1.807, 2.05) is 31.3 Å². The van der Waals surface area contributed by atoms with E-state index in [4.69, 9.17) is 4.74 Å². The van der Waals surface area contributed by atoms with Gasteiger partial charge in [0.15, 0.2) is 0 Å². The van der Waals surface area contributed by atoms with E-state index in [1.54, 1.807) is 0 Å². The van der Waals surface area contributed by atoms with Crippen LogP contribution < -0.4 is 15.5 Å². The van der Waals surface area contributed by atoms with Gasteiger partial charge in [-0.3, -0.25) is 0 Å². The number of nitrogens with zero attached hydrogens (tertiary/aromatic N) is 1. The highest BCUT2D eigenvalue weighted by atomic mass is 16.5. The molecule has 3 rings (SSSR count). The molecular formula is C18H27N3O2. The molecule has 2 N–H and O–H groups in total. The number of amides is 2. The van der Waals surface area contributed by atoms with Crippen LogP contribution in [0.3, 0.4) is 0 Å². The third kappa shape index (κ3) is 2.90. The Bertz CT molecular complexity index is 587. The Kier molecular flexibility index (Phi) is 4.23. The van der Waals surface area contributed by atoms with Gasteiger partial charge in [0.25, 0.3) is 0 Å². The van der Waals surface area contributed by atoms with Crippen LogP contribution in [0, 0.1) is 11.3 Å². The molecule has 1 aromatic rings. The number of carbonyl (C=O) groups is 1. The Morgan fingerprint density at radius 2 is 2.22 bits per heavy atom. The second-order valence-corrected chi connectivity index (χ2v) is 7.21. The molecule has 2 amide bonds. The fraction of sp³-hybridized carbons (Fsp3) is 0.611. The summed E-state index contributed by atoms with van der Waals surface area (Å²) < 4.78 is 5.77. The zero-order valence-electron chi connectivity index (χ0n) is 14.4. The van der Waals surface area contributed by atoms with Gasteiger partial charge in [-0.1, -0.05) is 19.9 Å². The zero-order chi connectivity index (χ0) is 16.6. The molecule has 1 aromatic carbocycles. The van der Waals surface area contributed by atoms with E-state index in [-0.39, 0.29) is 23.6 Å². The van der Waals surface area contributed by atoms with Crippen LogP contribution in [0.1, 0.15) is 27.2 Å². The first-order valence-electron chi connectivity index (χ1n) is 8.43. The molecule has 0 bridgehead atoms. The molecule has 5 nitrogen and oxygen atoms in total. The number of hydrogen-bond donors (Lipinski definition) is 2. The lowest BCUT2D eigenvalue weighted by Crippen LogP contribution is -2.67. The predicted octanol–water partition coefficient (Wildman–Crippen LogP) is 3.08. The van der Waals surface area contributed by atoms with Crippen molar-refractivity contribution in [3.8, 4) is 0 Å². The molecule has 3 atom stereocenters. The molecule has 0 spiro atoms. The molecule has 2 aliphatic rings. The van der Waals surface area contributed by atoms with Crippen molar-refractivity contribution in [2.45, 2.75) is 39.3 Å². The average Bonchev–Trinajstić information content (AvgIpc) is 2.99. The Morgan fingerprint density at radius 1 is 1.43 bits per heavy atom.